The largest absolute Gasteiger partial charge is 0.262 e. The predicted octanol–water partition coefficient (Wildman–Crippen LogP) is 2.89. The van der Waals surface area contributed by atoms with Gasteiger partial charge in [0, 0.05) is 11.5 Å². The Morgan fingerprint density at radius 3 is 2.61 bits per heavy atom. The third-order valence-corrected chi connectivity index (χ3v) is 4.09. The monoisotopic (exact) mass is 281 g/mol. The molecule has 0 aromatic carbocycles. The smallest absolute Gasteiger partial charge is 0.214 e. The molecule has 5 nitrogen and oxygen atoms in total. The Bertz CT molecular complexity index is 593. The van der Waals surface area contributed by atoms with E-state index in [0.29, 0.717) is 16.2 Å². The Kier molecular flexibility index (Phi) is 2.99. The average Bonchev–Trinajstić information content (AvgIpc) is 3.10. The highest BCUT2D eigenvalue weighted by atomic mass is 35.5. The van der Waals surface area contributed by atoms with Crippen molar-refractivity contribution in [3.8, 4) is 0 Å². The highest BCUT2D eigenvalue weighted by Crippen LogP contribution is 2.40. The van der Waals surface area contributed by atoms with E-state index in [9.17, 15) is 0 Å². The molecule has 1 saturated carbocycles. The first kappa shape index (κ1) is 11.9. The zero-order valence-corrected chi connectivity index (χ0v) is 11.6. The van der Waals surface area contributed by atoms with Gasteiger partial charge in [0.1, 0.15) is 21.8 Å². The Morgan fingerprint density at radius 2 is 2.00 bits per heavy atom. The second-order valence-electron chi connectivity index (χ2n) is 4.38. The summed E-state index contributed by atoms with van der Waals surface area (Å²) in [5.41, 5.74) is 0.883. The summed E-state index contributed by atoms with van der Waals surface area (Å²) in [6.45, 7) is 3.79. The second kappa shape index (κ2) is 4.51. The Hall–Kier alpha value is -1.14. The van der Waals surface area contributed by atoms with Crippen molar-refractivity contribution >= 4 is 23.4 Å². The number of hydrogen-bond donors (Lipinski definition) is 1. The maximum atomic E-state index is 6.15. The van der Waals surface area contributed by atoms with E-state index in [2.05, 4.69) is 25.1 Å². The number of aromatic amines is 1. The van der Waals surface area contributed by atoms with E-state index in [1.54, 1.807) is 0 Å². The summed E-state index contributed by atoms with van der Waals surface area (Å²) in [6.07, 6.45) is 2.31. The van der Waals surface area contributed by atoms with Crippen LogP contribution in [0.1, 0.15) is 36.0 Å². The van der Waals surface area contributed by atoms with Gasteiger partial charge in [0.15, 0.2) is 0 Å². The number of aryl methyl sites for hydroxylation is 1. The number of H-pyrrole nitrogens is 1. The molecule has 0 amide bonds. The molecule has 0 saturated heterocycles. The molecule has 2 heterocycles. The van der Waals surface area contributed by atoms with Crippen LogP contribution < -0.4 is 0 Å². The van der Waals surface area contributed by atoms with E-state index in [4.69, 9.17) is 11.6 Å². The van der Waals surface area contributed by atoms with Crippen LogP contribution in [-0.2, 0) is 0 Å². The van der Waals surface area contributed by atoms with E-state index in [-0.39, 0.29) is 0 Å². The highest BCUT2D eigenvalue weighted by molar-refractivity contribution is 7.99. The Morgan fingerprint density at radius 1 is 1.22 bits per heavy atom. The molecular weight excluding hydrogens is 270 g/mol. The number of aromatic nitrogens is 5. The van der Waals surface area contributed by atoms with Crippen LogP contribution in [0.3, 0.4) is 0 Å². The highest BCUT2D eigenvalue weighted by Gasteiger charge is 2.28. The van der Waals surface area contributed by atoms with Gasteiger partial charge in [-0.25, -0.2) is 15.0 Å². The van der Waals surface area contributed by atoms with Crippen LogP contribution in [0.4, 0.5) is 0 Å². The van der Waals surface area contributed by atoms with Gasteiger partial charge in [0.05, 0.1) is 0 Å². The Labute approximate surface area is 114 Å². The molecule has 2 aromatic rings. The molecule has 0 atom stereocenters. The molecule has 18 heavy (non-hydrogen) atoms. The van der Waals surface area contributed by atoms with Crippen molar-refractivity contribution in [2.24, 2.45) is 0 Å². The molecule has 0 spiro atoms. The molecule has 7 heteroatoms. The van der Waals surface area contributed by atoms with Crippen LogP contribution in [0.25, 0.3) is 0 Å². The second-order valence-corrected chi connectivity index (χ2v) is 5.70. The number of nitrogens with zero attached hydrogens (tertiary/aromatic N) is 4. The van der Waals surface area contributed by atoms with Gasteiger partial charge in [0.25, 0.3) is 0 Å². The molecule has 0 aliphatic heterocycles. The first-order valence-corrected chi connectivity index (χ1v) is 6.94. The van der Waals surface area contributed by atoms with Gasteiger partial charge in [0.2, 0.25) is 5.16 Å². The van der Waals surface area contributed by atoms with Crippen LogP contribution in [-0.4, -0.2) is 25.1 Å². The van der Waals surface area contributed by atoms with Crippen LogP contribution in [0, 0.1) is 13.8 Å². The zero-order valence-electron chi connectivity index (χ0n) is 10.1. The lowest BCUT2D eigenvalue weighted by Crippen LogP contribution is -1.98. The first-order chi connectivity index (χ1) is 8.63. The Balaban J connectivity index is 1.94. The van der Waals surface area contributed by atoms with Crippen molar-refractivity contribution in [1.82, 2.24) is 25.1 Å². The van der Waals surface area contributed by atoms with E-state index in [1.165, 1.54) is 11.8 Å². The number of halogens is 1. The molecule has 1 N–H and O–H groups in total. The fraction of sp³-hybridized carbons (Fsp3) is 0.455. The summed E-state index contributed by atoms with van der Waals surface area (Å²) >= 11 is 7.57. The van der Waals surface area contributed by atoms with Gasteiger partial charge in [-0.3, -0.25) is 5.10 Å². The molecule has 1 aliphatic carbocycles. The van der Waals surface area contributed by atoms with Crippen LogP contribution in [0.2, 0.25) is 5.15 Å². The van der Waals surface area contributed by atoms with Crippen molar-refractivity contribution in [3.05, 3.63) is 22.4 Å². The summed E-state index contributed by atoms with van der Waals surface area (Å²) in [7, 11) is 0. The number of hydrogen-bond acceptors (Lipinski definition) is 5. The summed E-state index contributed by atoms with van der Waals surface area (Å²) in [5, 5.41) is 8.94. The minimum absolute atomic E-state index is 0.483. The first-order valence-electron chi connectivity index (χ1n) is 5.74. The normalized spacial score (nSPS) is 15.1. The fourth-order valence-corrected chi connectivity index (χ4v) is 2.63. The summed E-state index contributed by atoms with van der Waals surface area (Å²) in [6, 6.07) is 0. The minimum Gasteiger partial charge on any atom is -0.262 e. The van der Waals surface area contributed by atoms with Gasteiger partial charge < -0.3 is 0 Å². The van der Waals surface area contributed by atoms with Gasteiger partial charge in [-0.05, 0) is 38.5 Å². The average molecular weight is 282 g/mol. The minimum atomic E-state index is 0.483. The van der Waals surface area contributed by atoms with Gasteiger partial charge in [-0.15, -0.1) is 5.10 Å². The van der Waals surface area contributed by atoms with E-state index < -0.39 is 0 Å². The lowest BCUT2D eigenvalue weighted by molar-refractivity contribution is 0.858. The SMILES string of the molecule is Cc1nc(Sc2nc(C3CC3)nc(Cl)c2C)n[nH]1. The van der Waals surface area contributed by atoms with E-state index in [0.717, 1.165) is 35.1 Å². The summed E-state index contributed by atoms with van der Waals surface area (Å²) < 4.78 is 0. The maximum absolute atomic E-state index is 6.15. The van der Waals surface area contributed by atoms with Crippen LogP contribution in [0.5, 0.6) is 0 Å². The molecule has 0 unspecified atom stereocenters. The van der Waals surface area contributed by atoms with E-state index in [1.807, 2.05) is 13.8 Å². The fourth-order valence-electron chi connectivity index (χ4n) is 1.56. The van der Waals surface area contributed by atoms with Crippen molar-refractivity contribution in [3.63, 3.8) is 0 Å². The number of nitrogens with one attached hydrogen (secondary N) is 1. The van der Waals surface area contributed by atoms with Crippen molar-refractivity contribution < 1.29 is 0 Å². The van der Waals surface area contributed by atoms with Gasteiger partial charge in [-0.2, -0.15) is 0 Å². The van der Waals surface area contributed by atoms with Gasteiger partial charge in [-0.1, -0.05) is 11.6 Å². The molecule has 1 fully saturated rings. The molecule has 3 rings (SSSR count). The van der Waals surface area contributed by atoms with Crippen LogP contribution in [0.15, 0.2) is 10.2 Å². The molecular formula is C11H12ClN5S. The van der Waals surface area contributed by atoms with Crippen molar-refractivity contribution in [2.45, 2.75) is 42.8 Å². The molecule has 1 aliphatic rings. The topological polar surface area (TPSA) is 67.3 Å². The third-order valence-electron chi connectivity index (χ3n) is 2.77. The number of rotatable bonds is 3. The van der Waals surface area contributed by atoms with Crippen molar-refractivity contribution in [1.29, 1.82) is 0 Å². The maximum Gasteiger partial charge on any atom is 0.214 e. The quantitative estimate of drug-likeness (QED) is 0.876. The molecule has 0 radical (unpaired) electrons. The van der Waals surface area contributed by atoms with E-state index >= 15 is 0 Å². The lowest BCUT2D eigenvalue weighted by atomic mass is 10.3. The standard InChI is InChI=1S/C11H12ClN5S/c1-5-8(12)14-9(7-3-4-7)15-10(5)18-11-13-6(2)16-17-11/h7H,3-4H2,1-2H3,(H,13,16,17). The molecule has 2 aromatic heterocycles. The lowest BCUT2D eigenvalue weighted by Gasteiger charge is -2.06. The third kappa shape index (κ3) is 2.35. The molecule has 0 bridgehead atoms. The summed E-state index contributed by atoms with van der Waals surface area (Å²) in [5.74, 6) is 2.12. The van der Waals surface area contributed by atoms with Crippen molar-refractivity contribution in [2.75, 3.05) is 0 Å². The summed E-state index contributed by atoms with van der Waals surface area (Å²) in [4.78, 5) is 13.2. The van der Waals surface area contributed by atoms with Crippen LogP contribution >= 0.6 is 23.4 Å². The molecule has 94 valence electrons. The zero-order chi connectivity index (χ0) is 12.7. The predicted molar refractivity (Wildman–Crippen MR) is 69.0 cm³/mol. The van der Waals surface area contributed by atoms with Gasteiger partial charge >= 0.3 is 0 Å².